The van der Waals surface area contributed by atoms with Crippen molar-refractivity contribution in [1.29, 1.82) is 0 Å². The molecule has 0 aromatic carbocycles. The van der Waals surface area contributed by atoms with E-state index < -0.39 is 0 Å². The van der Waals surface area contributed by atoms with Gasteiger partial charge in [0, 0.05) is 6.04 Å². The van der Waals surface area contributed by atoms with Crippen molar-refractivity contribution in [3.05, 3.63) is 0 Å². The lowest BCUT2D eigenvalue weighted by Crippen LogP contribution is -2.45. The van der Waals surface area contributed by atoms with Crippen molar-refractivity contribution in [3.63, 3.8) is 0 Å². The Hall–Kier alpha value is -0.0800. The Balaban J connectivity index is 1.84. The SMILES string of the molecule is CC(C)C1CCC(N)C(OC2CCC2)C1. The van der Waals surface area contributed by atoms with Crippen LogP contribution in [0.3, 0.4) is 0 Å². The van der Waals surface area contributed by atoms with Gasteiger partial charge in [-0.1, -0.05) is 13.8 Å². The van der Waals surface area contributed by atoms with Crippen LogP contribution in [0.4, 0.5) is 0 Å². The van der Waals surface area contributed by atoms with Gasteiger partial charge in [0.2, 0.25) is 0 Å². The highest BCUT2D eigenvalue weighted by atomic mass is 16.5. The topological polar surface area (TPSA) is 35.2 Å². The van der Waals surface area contributed by atoms with E-state index in [2.05, 4.69) is 13.8 Å². The molecule has 0 heterocycles. The van der Waals surface area contributed by atoms with E-state index >= 15 is 0 Å². The third-order valence-electron chi connectivity index (χ3n) is 4.25. The molecule has 0 aliphatic heterocycles. The minimum Gasteiger partial charge on any atom is -0.373 e. The lowest BCUT2D eigenvalue weighted by Gasteiger charge is -2.39. The predicted octanol–water partition coefficient (Wildman–Crippen LogP) is 2.71. The standard InChI is InChI=1S/C13H25NO/c1-9(2)10-6-7-12(14)13(8-10)15-11-4-3-5-11/h9-13H,3-8,14H2,1-2H3. The smallest absolute Gasteiger partial charge is 0.0732 e. The van der Waals surface area contributed by atoms with Crippen molar-refractivity contribution < 1.29 is 4.74 Å². The van der Waals surface area contributed by atoms with E-state index in [4.69, 9.17) is 10.5 Å². The highest BCUT2D eigenvalue weighted by Gasteiger charge is 2.33. The van der Waals surface area contributed by atoms with Gasteiger partial charge in [-0.15, -0.1) is 0 Å². The van der Waals surface area contributed by atoms with Crippen LogP contribution >= 0.6 is 0 Å². The van der Waals surface area contributed by atoms with Crippen LogP contribution in [0.1, 0.15) is 52.4 Å². The molecule has 0 spiro atoms. The second-order valence-corrected chi connectivity index (χ2v) is 5.71. The maximum absolute atomic E-state index is 6.14. The number of nitrogens with two attached hydrogens (primary N) is 1. The van der Waals surface area contributed by atoms with Crippen LogP contribution < -0.4 is 5.73 Å². The van der Waals surface area contributed by atoms with E-state index in [1.54, 1.807) is 0 Å². The normalized spacial score (nSPS) is 38.0. The number of hydrogen-bond acceptors (Lipinski definition) is 2. The minimum absolute atomic E-state index is 0.292. The molecule has 2 nitrogen and oxygen atoms in total. The first kappa shape index (κ1) is 11.4. The van der Waals surface area contributed by atoms with Crippen LogP contribution in [-0.4, -0.2) is 18.2 Å². The molecule has 88 valence electrons. The Morgan fingerprint density at radius 3 is 2.40 bits per heavy atom. The van der Waals surface area contributed by atoms with Crippen LogP contribution in [0.15, 0.2) is 0 Å². The van der Waals surface area contributed by atoms with E-state index in [1.165, 1.54) is 32.1 Å². The summed E-state index contributed by atoms with van der Waals surface area (Å²) in [4.78, 5) is 0. The molecule has 2 rings (SSSR count). The highest BCUT2D eigenvalue weighted by molar-refractivity contribution is 4.86. The largest absolute Gasteiger partial charge is 0.373 e. The first-order valence-electron chi connectivity index (χ1n) is 6.58. The minimum atomic E-state index is 0.292. The lowest BCUT2D eigenvalue weighted by atomic mass is 9.78. The quantitative estimate of drug-likeness (QED) is 0.779. The predicted molar refractivity (Wildman–Crippen MR) is 62.7 cm³/mol. The molecule has 0 radical (unpaired) electrons. The van der Waals surface area contributed by atoms with E-state index in [1.807, 2.05) is 0 Å². The number of ether oxygens (including phenoxy) is 1. The molecule has 0 aromatic rings. The van der Waals surface area contributed by atoms with E-state index in [0.29, 0.717) is 18.2 Å². The number of hydrogen-bond donors (Lipinski definition) is 1. The Bertz CT molecular complexity index is 201. The molecule has 0 aromatic heterocycles. The molecular weight excluding hydrogens is 186 g/mol. The molecule has 2 aliphatic rings. The summed E-state index contributed by atoms with van der Waals surface area (Å²) in [5, 5.41) is 0. The van der Waals surface area contributed by atoms with Gasteiger partial charge in [0.05, 0.1) is 12.2 Å². The maximum Gasteiger partial charge on any atom is 0.0732 e. The van der Waals surface area contributed by atoms with E-state index in [-0.39, 0.29) is 0 Å². The van der Waals surface area contributed by atoms with Crippen LogP contribution in [0.2, 0.25) is 0 Å². The fraction of sp³-hybridized carbons (Fsp3) is 1.00. The lowest BCUT2D eigenvalue weighted by molar-refractivity contribution is -0.0839. The zero-order valence-electron chi connectivity index (χ0n) is 10.1. The summed E-state index contributed by atoms with van der Waals surface area (Å²) >= 11 is 0. The first-order chi connectivity index (χ1) is 7.16. The molecular formula is C13H25NO. The van der Waals surface area contributed by atoms with Gasteiger partial charge in [-0.05, 0) is 50.4 Å². The van der Waals surface area contributed by atoms with Crippen molar-refractivity contribution in [2.75, 3.05) is 0 Å². The van der Waals surface area contributed by atoms with Gasteiger partial charge in [0.1, 0.15) is 0 Å². The highest BCUT2D eigenvalue weighted by Crippen LogP contribution is 2.34. The van der Waals surface area contributed by atoms with E-state index in [9.17, 15) is 0 Å². The van der Waals surface area contributed by atoms with Crippen LogP contribution in [-0.2, 0) is 4.74 Å². The van der Waals surface area contributed by atoms with Crippen molar-refractivity contribution in [1.82, 2.24) is 0 Å². The maximum atomic E-state index is 6.14. The molecule has 2 saturated carbocycles. The third kappa shape index (κ3) is 2.73. The molecule has 2 N–H and O–H groups in total. The summed E-state index contributed by atoms with van der Waals surface area (Å²) in [5.74, 6) is 1.61. The third-order valence-corrected chi connectivity index (χ3v) is 4.25. The summed E-state index contributed by atoms with van der Waals surface area (Å²) in [6.07, 6.45) is 8.38. The van der Waals surface area contributed by atoms with Crippen LogP contribution in [0, 0.1) is 11.8 Å². The second-order valence-electron chi connectivity index (χ2n) is 5.71. The molecule has 0 bridgehead atoms. The van der Waals surface area contributed by atoms with Gasteiger partial charge >= 0.3 is 0 Å². The molecule has 0 saturated heterocycles. The molecule has 15 heavy (non-hydrogen) atoms. The fourth-order valence-corrected chi connectivity index (χ4v) is 2.70. The Labute approximate surface area is 93.6 Å². The van der Waals surface area contributed by atoms with Crippen molar-refractivity contribution in [3.8, 4) is 0 Å². The number of rotatable bonds is 3. The first-order valence-corrected chi connectivity index (χ1v) is 6.58. The fourth-order valence-electron chi connectivity index (χ4n) is 2.70. The van der Waals surface area contributed by atoms with Crippen LogP contribution in [0.5, 0.6) is 0 Å². The molecule has 3 unspecified atom stereocenters. The Morgan fingerprint density at radius 2 is 1.87 bits per heavy atom. The molecule has 0 amide bonds. The zero-order chi connectivity index (χ0) is 10.8. The average Bonchev–Trinajstić information content (AvgIpc) is 2.13. The average molecular weight is 211 g/mol. The summed E-state index contributed by atoms with van der Waals surface area (Å²) in [5.41, 5.74) is 6.14. The molecule has 2 heteroatoms. The Morgan fingerprint density at radius 1 is 1.13 bits per heavy atom. The summed E-state index contributed by atoms with van der Waals surface area (Å²) < 4.78 is 6.09. The molecule has 3 atom stereocenters. The molecule has 2 aliphatic carbocycles. The van der Waals surface area contributed by atoms with Crippen LogP contribution in [0.25, 0.3) is 0 Å². The van der Waals surface area contributed by atoms with Gasteiger partial charge in [0.15, 0.2) is 0 Å². The van der Waals surface area contributed by atoms with Crippen molar-refractivity contribution >= 4 is 0 Å². The molecule has 2 fully saturated rings. The monoisotopic (exact) mass is 211 g/mol. The van der Waals surface area contributed by atoms with Gasteiger partial charge in [0.25, 0.3) is 0 Å². The zero-order valence-corrected chi connectivity index (χ0v) is 10.1. The summed E-state index contributed by atoms with van der Waals surface area (Å²) in [6, 6.07) is 0.292. The Kier molecular flexibility index (Phi) is 3.68. The van der Waals surface area contributed by atoms with E-state index in [0.717, 1.165) is 18.3 Å². The van der Waals surface area contributed by atoms with Crippen molar-refractivity contribution in [2.45, 2.75) is 70.6 Å². The van der Waals surface area contributed by atoms with Crippen molar-refractivity contribution in [2.24, 2.45) is 17.6 Å². The van der Waals surface area contributed by atoms with Gasteiger partial charge in [-0.3, -0.25) is 0 Å². The van der Waals surface area contributed by atoms with Gasteiger partial charge in [-0.25, -0.2) is 0 Å². The summed E-state index contributed by atoms with van der Waals surface area (Å²) in [6.45, 7) is 4.64. The summed E-state index contributed by atoms with van der Waals surface area (Å²) in [7, 11) is 0. The van der Waals surface area contributed by atoms with Gasteiger partial charge < -0.3 is 10.5 Å². The van der Waals surface area contributed by atoms with Gasteiger partial charge in [-0.2, -0.15) is 0 Å². The second kappa shape index (κ2) is 4.84.